The van der Waals surface area contributed by atoms with Crippen LogP contribution in [0.3, 0.4) is 0 Å². The number of fused-ring (bicyclic) bond motifs is 1. The number of aromatic nitrogens is 1. The van der Waals surface area contributed by atoms with Gasteiger partial charge in [-0.1, -0.05) is 68.4 Å². The van der Waals surface area contributed by atoms with E-state index in [0.717, 1.165) is 22.0 Å². The Balaban J connectivity index is 1.60. The van der Waals surface area contributed by atoms with Crippen molar-refractivity contribution in [2.45, 2.75) is 24.7 Å². The number of aromatic amines is 1. The summed E-state index contributed by atoms with van der Waals surface area (Å²) in [5.74, 6) is -0.374. The normalized spacial score (nSPS) is 12.7. The summed E-state index contributed by atoms with van der Waals surface area (Å²) in [6.07, 6.45) is 1.99. The Labute approximate surface area is 200 Å². The summed E-state index contributed by atoms with van der Waals surface area (Å²) in [7, 11) is -3.64. The fourth-order valence-corrected chi connectivity index (χ4v) is 5.79. The van der Waals surface area contributed by atoms with Crippen molar-refractivity contribution in [3.05, 3.63) is 102 Å². The van der Waals surface area contributed by atoms with E-state index < -0.39 is 10.0 Å². The molecule has 34 heavy (non-hydrogen) atoms. The van der Waals surface area contributed by atoms with Crippen LogP contribution in [0.5, 0.6) is 0 Å². The van der Waals surface area contributed by atoms with Crippen LogP contribution in [-0.4, -0.2) is 43.2 Å². The maximum absolute atomic E-state index is 13.1. The second-order valence-corrected chi connectivity index (χ2v) is 10.0. The lowest BCUT2D eigenvalue weighted by Crippen LogP contribution is -2.31. The Morgan fingerprint density at radius 2 is 1.65 bits per heavy atom. The van der Waals surface area contributed by atoms with E-state index >= 15 is 0 Å². The van der Waals surface area contributed by atoms with Crippen LogP contribution < -0.4 is 5.32 Å². The molecule has 0 unspecified atom stereocenters. The molecule has 1 amide bonds. The van der Waals surface area contributed by atoms with Gasteiger partial charge in [0.25, 0.3) is 5.91 Å². The highest BCUT2D eigenvalue weighted by molar-refractivity contribution is 7.89. The number of sulfonamides is 1. The Hall–Kier alpha value is -3.42. The number of benzene rings is 3. The standard InChI is InChI=1S/C27H29N3O3S/c1-3-30(4-2)34(32,33)22-14-10-13-21(17-22)27(31)29-18-24(20-11-6-5-7-12-20)25-19-28-26-16-9-8-15-23(25)26/h5-17,19,24,28H,3-4,18H2,1-2H3,(H,29,31)/t24-/m0/s1. The van der Waals surface area contributed by atoms with Crippen LogP contribution in [-0.2, 0) is 10.0 Å². The van der Waals surface area contributed by atoms with Gasteiger partial charge in [0.05, 0.1) is 4.90 Å². The third-order valence-corrected chi connectivity index (χ3v) is 8.15. The molecule has 0 aliphatic carbocycles. The third-order valence-electron chi connectivity index (χ3n) is 6.10. The van der Waals surface area contributed by atoms with Crippen molar-refractivity contribution in [3.63, 3.8) is 0 Å². The molecule has 4 rings (SSSR count). The van der Waals surface area contributed by atoms with Gasteiger partial charge in [0.15, 0.2) is 0 Å². The number of hydrogen-bond donors (Lipinski definition) is 2. The summed E-state index contributed by atoms with van der Waals surface area (Å²) in [6, 6.07) is 24.4. The van der Waals surface area contributed by atoms with Crippen molar-refractivity contribution in [3.8, 4) is 0 Å². The molecule has 4 aromatic rings. The molecule has 0 aliphatic rings. The van der Waals surface area contributed by atoms with Crippen LogP contribution >= 0.6 is 0 Å². The predicted molar refractivity (Wildman–Crippen MR) is 135 cm³/mol. The molecule has 1 heterocycles. The molecule has 2 N–H and O–H groups in total. The van der Waals surface area contributed by atoms with E-state index in [1.165, 1.54) is 16.4 Å². The molecule has 0 aliphatic heterocycles. The Kier molecular flexibility index (Phi) is 7.14. The molecule has 1 aromatic heterocycles. The van der Waals surface area contributed by atoms with Crippen molar-refractivity contribution in [2.75, 3.05) is 19.6 Å². The smallest absolute Gasteiger partial charge is 0.251 e. The number of nitrogens with zero attached hydrogens (tertiary/aromatic N) is 1. The van der Waals surface area contributed by atoms with Gasteiger partial charge in [-0.05, 0) is 35.4 Å². The second kappa shape index (κ2) is 10.2. The van der Waals surface area contributed by atoms with E-state index in [2.05, 4.69) is 28.5 Å². The molecule has 0 saturated carbocycles. The topological polar surface area (TPSA) is 82.3 Å². The molecule has 1 atom stereocenters. The number of carbonyl (C=O) groups excluding carboxylic acids is 1. The van der Waals surface area contributed by atoms with Crippen LogP contribution in [0.15, 0.2) is 90.0 Å². The number of hydrogen-bond acceptors (Lipinski definition) is 3. The van der Waals surface area contributed by atoms with Crippen molar-refractivity contribution in [2.24, 2.45) is 0 Å². The summed E-state index contributed by atoms with van der Waals surface area (Å²) in [5.41, 5.74) is 3.54. The van der Waals surface area contributed by atoms with E-state index in [1.54, 1.807) is 26.0 Å². The average molecular weight is 476 g/mol. The monoisotopic (exact) mass is 475 g/mol. The van der Waals surface area contributed by atoms with Crippen molar-refractivity contribution < 1.29 is 13.2 Å². The molecule has 0 radical (unpaired) electrons. The molecular weight excluding hydrogens is 446 g/mol. The maximum Gasteiger partial charge on any atom is 0.251 e. The first-order chi connectivity index (χ1) is 16.5. The first-order valence-corrected chi connectivity index (χ1v) is 12.9. The largest absolute Gasteiger partial charge is 0.361 e. The van der Waals surface area contributed by atoms with Gasteiger partial charge >= 0.3 is 0 Å². The van der Waals surface area contributed by atoms with E-state index in [1.807, 2.05) is 42.6 Å². The minimum Gasteiger partial charge on any atom is -0.361 e. The van der Waals surface area contributed by atoms with Gasteiger partial charge in [-0.15, -0.1) is 0 Å². The lowest BCUT2D eigenvalue weighted by molar-refractivity contribution is 0.0952. The number of rotatable bonds is 9. The van der Waals surface area contributed by atoms with Crippen LogP contribution in [0.2, 0.25) is 0 Å². The summed E-state index contributed by atoms with van der Waals surface area (Å²) < 4.78 is 27.2. The van der Waals surface area contributed by atoms with Crippen LogP contribution in [0.4, 0.5) is 0 Å². The lowest BCUT2D eigenvalue weighted by atomic mass is 9.91. The van der Waals surface area contributed by atoms with E-state index in [0.29, 0.717) is 25.2 Å². The van der Waals surface area contributed by atoms with Crippen molar-refractivity contribution in [1.29, 1.82) is 0 Å². The highest BCUT2D eigenvalue weighted by Gasteiger charge is 2.23. The fraction of sp³-hybridized carbons (Fsp3) is 0.222. The van der Waals surface area contributed by atoms with E-state index in [-0.39, 0.29) is 16.7 Å². The Morgan fingerprint density at radius 1 is 0.941 bits per heavy atom. The third kappa shape index (κ3) is 4.76. The number of para-hydroxylation sites is 1. The van der Waals surface area contributed by atoms with Crippen molar-refractivity contribution in [1.82, 2.24) is 14.6 Å². The van der Waals surface area contributed by atoms with Gasteiger partial charge in [0.1, 0.15) is 0 Å². The SMILES string of the molecule is CCN(CC)S(=O)(=O)c1cccc(C(=O)NC[C@@H](c2ccccc2)c2c[nH]c3ccccc23)c1. The van der Waals surface area contributed by atoms with Crippen LogP contribution in [0.1, 0.15) is 41.3 Å². The molecule has 0 bridgehead atoms. The Morgan fingerprint density at radius 3 is 2.38 bits per heavy atom. The summed E-state index contributed by atoms with van der Waals surface area (Å²) in [6.45, 7) is 4.72. The highest BCUT2D eigenvalue weighted by Crippen LogP contribution is 2.30. The minimum atomic E-state index is -3.64. The minimum absolute atomic E-state index is 0.0658. The molecule has 7 heteroatoms. The first-order valence-electron chi connectivity index (χ1n) is 11.4. The molecule has 0 saturated heterocycles. The van der Waals surface area contributed by atoms with Gasteiger partial charge in [-0.2, -0.15) is 4.31 Å². The molecule has 3 aromatic carbocycles. The fourth-order valence-electron chi connectivity index (χ4n) is 4.28. The number of amides is 1. The average Bonchev–Trinajstić information content (AvgIpc) is 3.29. The second-order valence-electron chi connectivity index (χ2n) is 8.08. The highest BCUT2D eigenvalue weighted by atomic mass is 32.2. The Bertz CT molecular complexity index is 1380. The summed E-state index contributed by atoms with van der Waals surface area (Å²) in [5, 5.41) is 4.13. The zero-order chi connectivity index (χ0) is 24.1. The summed E-state index contributed by atoms with van der Waals surface area (Å²) >= 11 is 0. The van der Waals surface area contributed by atoms with Gasteiger partial charge in [0, 0.05) is 48.2 Å². The quantitative estimate of drug-likeness (QED) is 0.366. The molecule has 0 fully saturated rings. The predicted octanol–water partition coefficient (Wildman–Crippen LogP) is 4.76. The number of H-pyrrole nitrogens is 1. The molecule has 176 valence electrons. The zero-order valence-corrected chi connectivity index (χ0v) is 20.2. The van der Waals surface area contributed by atoms with Crippen molar-refractivity contribution >= 4 is 26.8 Å². The number of nitrogens with one attached hydrogen (secondary N) is 2. The number of carbonyl (C=O) groups is 1. The van der Waals surface area contributed by atoms with Gasteiger partial charge in [-0.25, -0.2) is 8.42 Å². The van der Waals surface area contributed by atoms with Crippen LogP contribution in [0, 0.1) is 0 Å². The molecular formula is C27H29N3O3S. The van der Waals surface area contributed by atoms with E-state index in [9.17, 15) is 13.2 Å². The van der Waals surface area contributed by atoms with Gasteiger partial charge in [0.2, 0.25) is 10.0 Å². The van der Waals surface area contributed by atoms with Crippen LogP contribution in [0.25, 0.3) is 10.9 Å². The molecule has 6 nitrogen and oxygen atoms in total. The van der Waals surface area contributed by atoms with E-state index in [4.69, 9.17) is 0 Å². The maximum atomic E-state index is 13.1. The summed E-state index contributed by atoms with van der Waals surface area (Å²) in [4.78, 5) is 16.5. The van der Waals surface area contributed by atoms with Gasteiger partial charge in [-0.3, -0.25) is 4.79 Å². The van der Waals surface area contributed by atoms with Gasteiger partial charge < -0.3 is 10.3 Å². The first kappa shape index (κ1) is 23.7. The lowest BCUT2D eigenvalue weighted by Gasteiger charge is -2.20. The molecule has 0 spiro atoms. The zero-order valence-electron chi connectivity index (χ0n) is 19.4.